The number of hydrogen-bond donors (Lipinski definition) is 0. The third-order valence-corrected chi connectivity index (χ3v) is 8.49. The third-order valence-electron chi connectivity index (χ3n) is 5.58. The largest absolute Gasteiger partial charge is 0.463 e. The number of rotatable bonds is 8. The van der Waals surface area contributed by atoms with Gasteiger partial charge in [0.25, 0.3) is 15.9 Å². The number of amides is 1. The average molecular weight is 549 g/mol. The van der Waals surface area contributed by atoms with Crippen LogP contribution in [0.1, 0.15) is 23.0 Å². The Kier molecular flexibility index (Phi) is 7.03. The fraction of sp³-hybridized carbons (Fsp3) is 0.0741. The number of para-hydroxylation sites is 1. The second kappa shape index (κ2) is 10.6. The summed E-state index contributed by atoms with van der Waals surface area (Å²) in [5, 5.41) is 5.57. The van der Waals surface area contributed by atoms with E-state index in [-0.39, 0.29) is 22.1 Å². The van der Waals surface area contributed by atoms with Crippen molar-refractivity contribution < 1.29 is 22.0 Å². The fourth-order valence-electron chi connectivity index (χ4n) is 3.75. The lowest BCUT2D eigenvalue weighted by molar-refractivity contribution is 0.0987. The van der Waals surface area contributed by atoms with Gasteiger partial charge in [-0.1, -0.05) is 29.5 Å². The molecule has 0 unspecified atom stereocenters. The van der Waals surface area contributed by atoms with Gasteiger partial charge in [-0.2, -0.15) is 10.1 Å². The van der Waals surface area contributed by atoms with E-state index in [1.54, 1.807) is 43.3 Å². The third kappa shape index (κ3) is 5.06. The molecule has 38 heavy (non-hydrogen) atoms. The average Bonchev–Trinajstić information content (AvgIpc) is 3.59. The van der Waals surface area contributed by atoms with E-state index in [9.17, 15) is 17.6 Å². The van der Waals surface area contributed by atoms with Crippen molar-refractivity contribution in [2.75, 3.05) is 15.9 Å². The molecule has 2 aromatic heterocycles. The quantitative estimate of drug-likeness (QED) is 0.177. The zero-order chi connectivity index (χ0) is 26.7. The molecule has 2 heterocycles. The lowest BCUT2D eigenvalue weighted by atomic mass is 10.2. The first-order valence-corrected chi connectivity index (χ1v) is 13.8. The van der Waals surface area contributed by atoms with Gasteiger partial charge in [-0.3, -0.25) is 9.10 Å². The highest BCUT2D eigenvalue weighted by Crippen LogP contribution is 2.31. The minimum Gasteiger partial charge on any atom is -0.463 e. The first-order valence-electron chi connectivity index (χ1n) is 11.5. The molecule has 0 aliphatic rings. The molecule has 1 amide bonds. The van der Waals surface area contributed by atoms with E-state index in [1.165, 1.54) is 59.2 Å². The summed E-state index contributed by atoms with van der Waals surface area (Å²) in [5.41, 5.74) is 1.24. The van der Waals surface area contributed by atoms with Gasteiger partial charge in [-0.05, 0) is 73.7 Å². The topological polar surface area (TPSA) is 96.1 Å². The second-order valence-corrected chi connectivity index (χ2v) is 10.9. The van der Waals surface area contributed by atoms with Gasteiger partial charge in [0.2, 0.25) is 5.13 Å². The summed E-state index contributed by atoms with van der Waals surface area (Å²) in [4.78, 5) is 18.0. The number of hydrogen-bond acceptors (Lipinski definition) is 7. The van der Waals surface area contributed by atoms with E-state index in [1.807, 2.05) is 6.07 Å². The Labute approximate surface area is 222 Å². The molecule has 0 saturated carbocycles. The predicted molar refractivity (Wildman–Crippen MR) is 146 cm³/mol. The van der Waals surface area contributed by atoms with Crippen molar-refractivity contribution in [2.45, 2.75) is 11.8 Å². The van der Waals surface area contributed by atoms with Crippen molar-refractivity contribution in [3.05, 3.63) is 108 Å². The van der Waals surface area contributed by atoms with Crippen LogP contribution < -0.4 is 9.31 Å². The summed E-state index contributed by atoms with van der Waals surface area (Å²) < 4.78 is 47.5. The van der Waals surface area contributed by atoms with Crippen LogP contribution in [0.25, 0.3) is 10.2 Å². The summed E-state index contributed by atoms with van der Waals surface area (Å²) in [7, 11) is -3.86. The van der Waals surface area contributed by atoms with E-state index >= 15 is 0 Å². The van der Waals surface area contributed by atoms with E-state index in [0.717, 1.165) is 16.3 Å². The number of benzene rings is 3. The highest BCUT2D eigenvalue weighted by atomic mass is 32.2. The van der Waals surface area contributed by atoms with Crippen LogP contribution in [-0.4, -0.2) is 32.1 Å². The standard InChI is InChI=1S/C27H21FN4O4S2/c1-2-31(21-7-4-3-5-8-21)38(34,35)23-13-10-19(11-14-23)26(33)32(29-18-22-9-6-16-36-22)27-30-24-15-12-20(28)17-25(24)37-27/h3-18H,2H2,1H3/b29-18+. The van der Waals surface area contributed by atoms with E-state index in [0.29, 0.717) is 21.7 Å². The van der Waals surface area contributed by atoms with Gasteiger partial charge in [0.05, 0.1) is 33.3 Å². The maximum absolute atomic E-state index is 13.7. The molecule has 0 aliphatic heterocycles. The Balaban J connectivity index is 1.48. The zero-order valence-electron chi connectivity index (χ0n) is 20.1. The van der Waals surface area contributed by atoms with Crippen LogP contribution in [-0.2, 0) is 10.0 Å². The van der Waals surface area contributed by atoms with Gasteiger partial charge >= 0.3 is 0 Å². The molecule has 0 N–H and O–H groups in total. The molecule has 0 fully saturated rings. The maximum Gasteiger partial charge on any atom is 0.280 e. The Morgan fingerprint density at radius 3 is 2.50 bits per heavy atom. The number of hydrazone groups is 1. The monoisotopic (exact) mass is 548 g/mol. The van der Waals surface area contributed by atoms with Gasteiger partial charge in [0.15, 0.2) is 0 Å². The summed E-state index contributed by atoms with van der Waals surface area (Å²) in [6.45, 7) is 1.99. The van der Waals surface area contributed by atoms with Crippen molar-refractivity contribution in [2.24, 2.45) is 5.10 Å². The van der Waals surface area contributed by atoms with E-state index in [2.05, 4.69) is 10.1 Å². The molecular formula is C27H21FN4O4S2. The van der Waals surface area contributed by atoms with Crippen molar-refractivity contribution in [1.29, 1.82) is 0 Å². The van der Waals surface area contributed by atoms with Crippen LogP contribution in [0.2, 0.25) is 0 Å². The predicted octanol–water partition coefficient (Wildman–Crippen LogP) is 5.92. The second-order valence-electron chi connectivity index (χ2n) is 8.02. The molecule has 0 atom stereocenters. The molecule has 0 spiro atoms. The number of halogens is 1. The molecule has 0 saturated heterocycles. The van der Waals surface area contributed by atoms with Crippen molar-refractivity contribution in [3.8, 4) is 0 Å². The molecule has 3 aromatic carbocycles. The molecule has 8 nitrogen and oxygen atoms in total. The Bertz CT molecular complexity index is 1700. The number of anilines is 2. The number of aromatic nitrogens is 1. The van der Waals surface area contributed by atoms with Gasteiger partial charge in [0, 0.05) is 12.1 Å². The molecule has 5 rings (SSSR count). The number of nitrogens with zero attached hydrogens (tertiary/aromatic N) is 4. The molecule has 0 aliphatic carbocycles. The van der Waals surface area contributed by atoms with Crippen LogP contribution in [0.15, 0.2) is 106 Å². The van der Waals surface area contributed by atoms with Crippen LogP contribution >= 0.6 is 11.3 Å². The fourth-order valence-corrected chi connectivity index (χ4v) is 6.17. The zero-order valence-corrected chi connectivity index (χ0v) is 21.7. The van der Waals surface area contributed by atoms with Crippen molar-refractivity contribution in [3.63, 3.8) is 0 Å². The summed E-state index contributed by atoms with van der Waals surface area (Å²) in [6.07, 6.45) is 2.84. The molecular weight excluding hydrogens is 527 g/mol. The maximum atomic E-state index is 13.7. The van der Waals surface area contributed by atoms with Crippen LogP contribution in [0.4, 0.5) is 15.2 Å². The Morgan fingerprint density at radius 1 is 1.05 bits per heavy atom. The van der Waals surface area contributed by atoms with Crippen LogP contribution in [0.3, 0.4) is 0 Å². The van der Waals surface area contributed by atoms with Crippen LogP contribution in [0, 0.1) is 5.82 Å². The van der Waals surface area contributed by atoms with Gasteiger partial charge in [0.1, 0.15) is 11.6 Å². The minimum absolute atomic E-state index is 0.0425. The number of carbonyl (C=O) groups excluding carboxylic acids is 1. The normalized spacial score (nSPS) is 11.7. The number of furan rings is 1. The minimum atomic E-state index is -3.86. The number of sulfonamides is 1. The number of fused-ring (bicyclic) bond motifs is 1. The van der Waals surface area contributed by atoms with Gasteiger partial charge in [-0.15, -0.1) is 0 Å². The summed E-state index contributed by atoms with van der Waals surface area (Å²) in [5.74, 6) is -0.554. The molecule has 192 valence electrons. The van der Waals surface area contributed by atoms with Crippen LogP contribution in [0.5, 0.6) is 0 Å². The first-order chi connectivity index (χ1) is 18.4. The Morgan fingerprint density at radius 2 is 1.82 bits per heavy atom. The lowest BCUT2D eigenvalue weighted by Gasteiger charge is -2.23. The number of thiazole rings is 1. The highest BCUT2D eigenvalue weighted by molar-refractivity contribution is 7.92. The first kappa shape index (κ1) is 25.3. The molecule has 0 bridgehead atoms. The Hall–Kier alpha value is -4.35. The van der Waals surface area contributed by atoms with Crippen molar-refractivity contribution >= 4 is 54.5 Å². The lowest BCUT2D eigenvalue weighted by Crippen LogP contribution is -2.31. The van der Waals surface area contributed by atoms with E-state index in [4.69, 9.17) is 4.42 Å². The SMILES string of the molecule is CCN(c1ccccc1)S(=O)(=O)c1ccc(C(=O)N(/N=C/c2ccco2)c2nc3ccc(F)cc3s2)cc1. The summed E-state index contributed by atoms with van der Waals surface area (Å²) >= 11 is 1.10. The highest BCUT2D eigenvalue weighted by Gasteiger charge is 2.25. The summed E-state index contributed by atoms with van der Waals surface area (Å²) in [6, 6.07) is 21.9. The van der Waals surface area contributed by atoms with E-state index < -0.39 is 21.7 Å². The van der Waals surface area contributed by atoms with Gasteiger partial charge < -0.3 is 4.42 Å². The van der Waals surface area contributed by atoms with Crippen molar-refractivity contribution in [1.82, 2.24) is 4.98 Å². The number of carbonyl (C=O) groups is 1. The molecule has 11 heteroatoms. The molecule has 0 radical (unpaired) electrons. The smallest absolute Gasteiger partial charge is 0.280 e. The molecule has 5 aromatic rings. The van der Waals surface area contributed by atoms with Gasteiger partial charge in [-0.25, -0.2) is 17.8 Å².